The first kappa shape index (κ1) is 17.6. The van der Waals surface area contributed by atoms with Crippen LogP contribution in [0.15, 0.2) is 47.5 Å². The molecule has 4 rings (SSSR count). The summed E-state index contributed by atoms with van der Waals surface area (Å²) < 4.78 is 2.75. The van der Waals surface area contributed by atoms with Crippen molar-refractivity contribution in [2.75, 3.05) is 4.90 Å². The van der Waals surface area contributed by atoms with Crippen LogP contribution in [0.5, 0.6) is 0 Å². The highest BCUT2D eigenvalue weighted by atomic mass is 35.5. The number of carbonyl (C=O) groups is 3. The first-order valence-corrected chi connectivity index (χ1v) is 9.43. The monoisotopic (exact) mass is 399 g/mol. The average Bonchev–Trinajstić information content (AvgIpc) is 3.14. The molecule has 3 aromatic rings. The first-order valence-electron chi connectivity index (χ1n) is 8.24. The molecule has 8 heteroatoms. The average molecular weight is 400 g/mol. The van der Waals surface area contributed by atoms with E-state index in [4.69, 9.17) is 11.6 Å². The Morgan fingerprint density at radius 1 is 1.11 bits per heavy atom. The number of nitrogens with zero attached hydrogens (tertiary/aromatic N) is 3. The molecule has 0 aliphatic carbocycles. The lowest BCUT2D eigenvalue weighted by Gasteiger charge is -2.14. The number of benzene rings is 2. The molecule has 1 aromatic heterocycles. The van der Waals surface area contributed by atoms with Crippen molar-refractivity contribution in [3.05, 3.63) is 57.9 Å². The molecular formula is C19H14ClN3O3S. The third-order valence-electron chi connectivity index (χ3n) is 4.37. The Bertz CT molecular complexity index is 1160. The topological polar surface area (TPSA) is 71.7 Å². The number of imide groups is 1. The van der Waals surface area contributed by atoms with E-state index < -0.39 is 5.91 Å². The molecule has 27 heavy (non-hydrogen) atoms. The Morgan fingerprint density at radius 3 is 2.59 bits per heavy atom. The Morgan fingerprint density at radius 2 is 1.85 bits per heavy atom. The number of aryl methyl sites for hydroxylation is 1. The molecule has 0 radical (unpaired) electrons. The highest BCUT2D eigenvalue weighted by Crippen LogP contribution is 2.24. The molecule has 0 spiro atoms. The van der Waals surface area contributed by atoms with Gasteiger partial charge in [0.1, 0.15) is 0 Å². The summed E-state index contributed by atoms with van der Waals surface area (Å²) >= 11 is 7.39. The van der Waals surface area contributed by atoms with Crippen molar-refractivity contribution in [1.29, 1.82) is 0 Å². The maximum atomic E-state index is 12.7. The summed E-state index contributed by atoms with van der Waals surface area (Å²) in [6.07, 6.45) is 0.392. The molecule has 3 amide bonds. The van der Waals surface area contributed by atoms with Gasteiger partial charge in [-0.25, -0.2) is 0 Å². The van der Waals surface area contributed by atoms with Gasteiger partial charge in [-0.15, -0.1) is 0 Å². The van der Waals surface area contributed by atoms with Crippen molar-refractivity contribution in [1.82, 2.24) is 4.57 Å². The third-order valence-corrected chi connectivity index (χ3v) is 5.70. The Balaban J connectivity index is 1.73. The highest BCUT2D eigenvalue weighted by molar-refractivity contribution is 7.16. The van der Waals surface area contributed by atoms with E-state index in [0.717, 1.165) is 15.1 Å². The van der Waals surface area contributed by atoms with Crippen molar-refractivity contribution in [3.63, 3.8) is 0 Å². The summed E-state index contributed by atoms with van der Waals surface area (Å²) in [5, 5.41) is 0.620. The zero-order chi connectivity index (χ0) is 19.1. The van der Waals surface area contributed by atoms with Gasteiger partial charge in [0.2, 0.25) is 11.8 Å². The zero-order valence-corrected chi connectivity index (χ0v) is 15.9. The summed E-state index contributed by atoms with van der Waals surface area (Å²) in [5.41, 5.74) is 1.64. The molecule has 0 atom stereocenters. The minimum Gasteiger partial charge on any atom is -0.319 e. The lowest BCUT2D eigenvalue weighted by molar-refractivity contribution is -0.121. The molecule has 0 saturated carbocycles. The van der Waals surface area contributed by atoms with Crippen LogP contribution >= 0.6 is 22.9 Å². The number of aromatic nitrogens is 1. The van der Waals surface area contributed by atoms with E-state index >= 15 is 0 Å². The number of anilines is 1. The van der Waals surface area contributed by atoms with Crippen molar-refractivity contribution in [2.24, 2.45) is 12.0 Å². The first-order chi connectivity index (χ1) is 12.9. The lowest BCUT2D eigenvalue weighted by atomic mass is 10.2. The van der Waals surface area contributed by atoms with E-state index in [-0.39, 0.29) is 24.7 Å². The second kappa shape index (κ2) is 6.75. The Labute approximate surface area is 163 Å². The maximum absolute atomic E-state index is 12.7. The van der Waals surface area contributed by atoms with Crippen molar-refractivity contribution in [3.8, 4) is 0 Å². The second-order valence-corrected chi connectivity index (χ2v) is 7.59. The van der Waals surface area contributed by atoms with Crippen LogP contribution in [-0.4, -0.2) is 22.3 Å². The third kappa shape index (κ3) is 3.20. The van der Waals surface area contributed by atoms with Gasteiger partial charge in [-0.05, 0) is 36.4 Å². The van der Waals surface area contributed by atoms with E-state index in [2.05, 4.69) is 4.99 Å². The van der Waals surface area contributed by atoms with Crippen LogP contribution < -0.4 is 9.70 Å². The highest BCUT2D eigenvalue weighted by Gasteiger charge is 2.30. The number of thiazole rings is 1. The van der Waals surface area contributed by atoms with Crippen LogP contribution in [0.25, 0.3) is 10.2 Å². The largest absolute Gasteiger partial charge is 0.319 e. The number of carbonyl (C=O) groups excluding carboxylic acids is 3. The van der Waals surface area contributed by atoms with Crippen molar-refractivity contribution in [2.45, 2.75) is 12.8 Å². The number of rotatable bonds is 2. The van der Waals surface area contributed by atoms with Crippen molar-refractivity contribution < 1.29 is 14.4 Å². The number of amides is 3. The predicted molar refractivity (Wildman–Crippen MR) is 104 cm³/mol. The van der Waals surface area contributed by atoms with Crippen LogP contribution in [-0.2, 0) is 16.6 Å². The molecule has 0 bridgehead atoms. The van der Waals surface area contributed by atoms with Crippen molar-refractivity contribution >= 4 is 56.6 Å². The van der Waals surface area contributed by atoms with E-state index in [9.17, 15) is 14.4 Å². The summed E-state index contributed by atoms with van der Waals surface area (Å²) in [6.45, 7) is 0. The molecule has 2 heterocycles. The van der Waals surface area contributed by atoms with Gasteiger partial charge >= 0.3 is 0 Å². The van der Waals surface area contributed by atoms with Crippen LogP contribution in [0, 0.1) is 0 Å². The fourth-order valence-electron chi connectivity index (χ4n) is 3.01. The standard InChI is InChI=1S/C19H14ClN3O3S/c1-22-14-6-5-12(20)10-15(14)27-19(22)21-18(26)11-3-2-4-13(9-11)23-16(24)7-8-17(23)25/h2-6,9-10H,7-8H2,1H3. The fraction of sp³-hybridized carbons (Fsp3) is 0.158. The quantitative estimate of drug-likeness (QED) is 0.621. The number of fused-ring (bicyclic) bond motifs is 1. The summed E-state index contributed by atoms with van der Waals surface area (Å²) in [7, 11) is 1.83. The molecule has 2 aromatic carbocycles. The van der Waals surface area contributed by atoms with Crippen LogP contribution in [0.1, 0.15) is 23.2 Å². The van der Waals surface area contributed by atoms with E-state index in [0.29, 0.717) is 21.1 Å². The number of halogens is 1. The molecule has 1 aliphatic heterocycles. The van der Waals surface area contributed by atoms with Gasteiger partial charge < -0.3 is 4.57 Å². The predicted octanol–water partition coefficient (Wildman–Crippen LogP) is 3.29. The zero-order valence-electron chi connectivity index (χ0n) is 14.3. The maximum Gasteiger partial charge on any atom is 0.279 e. The SMILES string of the molecule is Cn1c(=NC(=O)c2cccc(N3C(=O)CCC3=O)c2)sc2cc(Cl)ccc21. The molecule has 0 unspecified atom stereocenters. The molecule has 1 fully saturated rings. The van der Waals surface area contributed by atoms with E-state index in [1.54, 1.807) is 24.3 Å². The number of hydrogen-bond acceptors (Lipinski definition) is 4. The van der Waals surface area contributed by atoms with Gasteiger partial charge in [-0.3, -0.25) is 19.3 Å². The fourth-order valence-corrected chi connectivity index (χ4v) is 4.30. The Hall–Kier alpha value is -2.77. The molecule has 136 valence electrons. The molecule has 1 saturated heterocycles. The van der Waals surface area contributed by atoms with E-state index in [1.165, 1.54) is 17.4 Å². The molecular weight excluding hydrogens is 386 g/mol. The van der Waals surface area contributed by atoms with Gasteiger partial charge in [-0.2, -0.15) is 4.99 Å². The van der Waals surface area contributed by atoms with Gasteiger partial charge in [0.05, 0.1) is 15.9 Å². The van der Waals surface area contributed by atoms with Crippen LogP contribution in [0.3, 0.4) is 0 Å². The van der Waals surface area contributed by atoms with Gasteiger partial charge in [0.15, 0.2) is 4.80 Å². The minimum atomic E-state index is -0.441. The molecule has 1 aliphatic rings. The number of hydrogen-bond donors (Lipinski definition) is 0. The van der Waals surface area contributed by atoms with E-state index in [1.807, 2.05) is 23.7 Å². The van der Waals surface area contributed by atoms with Crippen LogP contribution in [0.2, 0.25) is 5.02 Å². The van der Waals surface area contributed by atoms with Gasteiger partial charge in [0.25, 0.3) is 5.91 Å². The second-order valence-electron chi connectivity index (χ2n) is 6.15. The summed E-state index contributed by atoms with van der Waals surface area (Å²) in [4.78, 5) is 42.4. The minimum absolute atomic E-state index is 0.196. The van der Waals surface area contributed by atoms with Gasteiger partial charge in [0, 0.05) is 30.5 Å². The van der Waals surface area contributed by atoms with Gasteiger partial charge in [-0.1, -0.05) is 29.0 Å². The normalized spacial score (nSPS) is 15.2. The summed E-state index contributed by atoms with van der Waals surface area (Å²) in [6, 6.07) is 11.9. The van der Waals surface area contributed by atoms with Crippen LogP contribution in [0.4, 0.5) is 5.69 Å². The summed E-state index contributed by atoms with van der Waals surface area (Å²) in [5.74, 6) is -0.951. The molecule has 6 nitrogen and oxygen atoms in total. The molecule has 0 N–H and O–H groups in total. The Kier molecular flexibility index (Phi) is 4.41. The smallest absolute Gasteiger partial charge is 0.279 e. The lowest BCUT2D eigenvalue weighted by Crippen LogP contribution is -2.28.